The van der Waals surface area contributed by atoms with Gasteiger partial charge in [-0.15, -0.1) is 0 Å². The van der Waals surface area contributed by atoms with Gasteiger partial charge < -0.3 is 9.85 Å². The van der Waals surface area contributed by atoms with Crippen LogP contribution in [0.5, 0.6) is 0 Å². The lowest BCUT2D eigenvalue weighted by Crippen LogP contribution is -2.41. The van der Waals surface area contributed by atoms with E-state index in [4.69, 9.17) is 0 Å². The Morgan fingerprint density at radius 3 is 1.28 bits per heavy atom. The summed E-state index contributed by atoms with van der Waals surface area (Å²) in [5, 5.41) is 11.9. The largest absolute Gasteiger partial charge is 0.633 e. The summed E-state index contributed by atoms with van der Waals surface area (Å²) in [6, 6.07) is 0.0617. The van der Waals surface area contributed by atoms with E-state index in [2.05, 4.69) is 13.5 Å². The quantitative estimate of drug-likeness (QED) is 0.101. The van der Waals surface area contributed by atoms with E-state index in [-0.39, 0.29) is 10.7 Å². The van der Waals surface area contributed by atoms with Crippen LogP contribution >= 0.6 is 0 Å². The summed E-state index contributed by atoms with van der Waals surface area (Å²) in [5.41, 5.74) is 0. The maximum Gasteiger partial charge on any atom is 0.107 e. The number of rotatable bonds is 19. The van der Waals surface area contributed by atoms with Crippen molar-refractivity contribution in [3.63, 3.8) is 0 Å². The maximum absolute atomic E-state index is 11.9. The molecule has 0 spiro atoms. The number of hydrogen-bond acceptors (Lipinski definition) is 1. The van der Waals surface area contributed by atoms with Crippen molar-refractivity contribution in [3.8, 4) is 0 Å². The minimum absolute atomic E-state index is 0.0617. The van der Waals surface area contributed by atoms with Crippen LogP contribution in [-0.4, -0.2) is 24.8 Å². The van der Waals surface area contributed by atoms with Crippen LogP contribution in [0.25, 0.3) is 0 Å². The summed E-state index contributed by atoms with van der Waals surface area (Å²) in [6.07, 6.45) is 25.1. The first kappa shape index (κ1) is 24.7. The molecule has 0 aromatic rings. The molecule has 0 saturated carbocycles. The highest BCUT2D eigenvalue weighted by atomic mass is 16.5. The molecule has 2 nitrogen and oxygen atoms in total. The van der Waals surface area contributed by atoms with Crippen molar-refractivity contribution < 1.29 is 4.65 Å². The number of hydroxylamine groups is 3. The SMILES string of the molecule is C=CC(CCCCCCCCCCCCCCCCCC)[N+](C)(C)[O-]. The second-order valence-corrected chi connectivity index (χ2v) is 8.33. The molecule has 0 saturated heterocycles. The summed E-state index contributed by atoms with van der Waals surface area (Å²) in [7, 11) is 3.44. The van der Waals surface area contributed by atoms with Crippen molar-refractivity contribution in [1.82, 2.24) is 0 Å². The topological polar surface area (TPSA) is 23.1 Å². The molecule has 0 rings (SSSR count). The highest BCUT2D eigenvalue weighted by molar-refractivity contribution is 4.80. The van der Waals surface area contributed by atoms with E-state index in [1.165, 1.54) is 103 Å². The van der Waals surface area contributed by atoms with E-state index in [1.54, 1.807) is 14.1 Å². The molecule has 25 heavy (non-hydrogen) atoms. The summed E-state index contributed by atoms with van der Waals surface area (Å²) >= 11 is 0. The van der Waals surface area contributed by atoms with E-state index in [1.807, 2.05) is 6.08 Å². The van der Waals surface area contributed by atoms with Gasteiger partial charge in [0.1, 0.15) is 6.04 Å². The fourth-order valence-corrected chi connectivity index (χ4v) is 3.58. The molecular formula is C23H47NO. The van der Waals surface area contributed by atoms with Gasteiger partial charge in [-0.2, -0.15) is 0 Å². The molecule has 0 aliphatic carbocycles. The third-order valence-corrected chi connectivity index (χ3v) is 5.42. The van der Waals surface area contributed by atoms with Crippen LogP contribution in [0.3, 0.4) is 0 Å². The lowest BCUT2D eigenvalue weighted by Gasteiger charge is -2.40. The Bertz CT molecular complexity index is 282. The molecule has 0 fully saturated rings. The Labute approximate surface area is 159 Å². The van der Waals surface area contributed by atoms with Crippen LogP contribution in [0.4, 0.5) is 0 Å². The first-order valence-corrected chi connectivity index (χ1v) is 11.2. The van der Waals surface area contributed by atoms with E-state index in [0.29, 0.717) is 0 Å². The van der Waals surface area contributed by atoms with E-state index >= 15 is 0 Å². The zero-order valence-corrected chi connectivity index (χ0v) is 17.7. The van der Waals surface area contributed by atoms with Gasteiger partial charge in [0.15, 0.2) is 0 Å². The van der Waals surface area contributed by atoms with Gasteiger partial charge in [0.05, 0.1) is 14.1 Å². The molecule has 0 aliphatic rings. The highest BCUT2D eigenvalue weighted by Gasteiger charge is 2.15. The van der Waals surface area contributed by atoms with Gasteiger partial charge in [0.25, 0.3) is 0 Å². The first-order chi connectivity index (χ1) is 12.0. The predicted octanol–water partition coefficient (Wildman–Crippen LogP) is 7.77. The molecule has 0 radical (unpaired) electrons. The van der Waals surface area contributed by atoms with Gasteiger partial charge in [-0.25, -0.2) is 0 Å². The van der Waals surface area contributed by atoms with Crippen LogP contribution < -0.4 is 0 Å². The molecule has 0 aromatic carbocycles. The Hall–Kier alpha value is -0.340. The molecule has 0 N–H and O–H groups in total. The number of quaternary nitrogens is 1. The van der Waals surface area contributed by atoms with Gasteiger partial charge in [-0.05, 0) is 12.5 Å². The zero-order valence-electron chi connectivity index (χ0n) is 17.7. The number of nitrogens with zero attached hydrogens (tertiary/aromatic N) is 1. The molecule has 150 valence electrons. The molecule has 0 heterocycles. The van der Waals surface area contributed by atoms with Crippen molar-refractivity contribution in [2.24, 2.45) is 0 Å². The third-order valence-electron chi connectivity index (χ3n) is 5.42. The fourth-order valence-electron chi connectivity index (χ4n) is 3.58. The predicted molar refractivity (Wildman–Crippen MR) is 114 cm³/mol. The summed E-state index contributed by atoms with van der Waals surface area (Å²) in [6.45, 7) is 6.09. The van der Waals surface area contributed by atoms with Crippen LogP contribution in [0.1, 0.15) is 116 Å². The molecule has 1 atom stereocenters. The van der Waals surface area contributed by atoms with E-state index in [0.717, 1.165) is 6.42 Å². The summed E-state index contributed by atoms with van der Waals surface area (Å²) in [5.74, 6) is 0. The zero-order chi connectivity index (χ0) is 18.8. The normalized spacial score (nSPS) is 13.1. The van der Waals surface area contributed by atoms with Crippen LogP contribution in [-0.2, 0) is 0 Å². The minimum atomic E-state index is -0.234. The van der Waals surface area contributed by atoms with Gasteiger partial charge >= 0.3 is 0 Å². The lowest BCUT2D eigenvalue weighted by atomic mass is 10.0. The number of unbranched alkanes of at least 4 members (excludes halogenated alkanes) is 15. The van der Waals surface area contributed by atoms with Gasteiger partial charge in [-0.3, -0.25) is 0 Å². The molecule has 0 bridgehead atoms. The molecule has 2 heteroatoms. The molecule has 0 aromatic heterocycles. The third kappa shape index (κ3) is 16.9. The second-order valence-electron chi connectivity index (χ2n) is 8.33. The monoisotopic (exact) mass is 353 g/mol. The average Bonchev–Trinajstić information content (AvgIpc) is 2.56. The molecular weight excluding hydrogens is 306 g/mol. The average molecular weight is 354 g/mol. The highest BCUT2D eigenvalue weighted by Crippen LogP contribution is 2.17. The van der Waals surface area contributed by atoms with Crippen LogP contribution in [0.2, 0.25) is 0 Å². The smallest absolute Gasteiger partial charge is 0.107 e. The molecule has 1 unspecified atom stereocenters. The second kappa shape index (κ2) is 17.1. The first-order valence-electron chi connectivity index (χ1n) is 11.2. The van der Waals surface area contributed by atoms with E-state index < -0.39 is 0 Å². The van der Waals surface area contributed by atoms with Crippen LogP contribution in [0, 0.1) is 5.21 Å². The Kier molecular flexibility index (Phi) is 16.9. The van der Waals surface area contributed by atoms with Gasteiger partial charge in [0.2, 0.25) is 0 Å². The Morgan fingerprint density at radius 1 is 0.680 bits per heavy atom. The van der Waals surface area contributed by atoms with Crippen molar-refractivity contribution >= 4 is 0 Å². The standard InChI is InChI=1S/C23H47NO/c1-5-7-8-9-10-11-12-13-14-15-16-17-18-19-20-21-22-23(6-2)24(3,4)25/h6,23H,2,5,7-22H2,1,3-4H3. The van der Waals surface area contributed by atoms with Crippen LogP contribution in [0.15, 0.2) is 12.7 Å². The maximum atomic E-state index is 11.9. The molecule has 0 aliphatic heterocycles. The Balaban J connectivity index is 3.20. The van der Waals surface area contributed by atoms with Crippen molar-refractivity contribution in [1.29, 1.82) is 0 Å². The van der Waals surface area contributed by atoms with Gasteiger partial charge in [0, 0.05) is 6.42 Å². The van der Waals surface area contributed by atoms with Gasteiger partial charge in [-0.1, -0.05) is 110 Å². The van der Waals surface area contributed by atoms with Crippen molar-refractivity contribution in [2.75, 3.05) is 14.1 Å². The summed E-state index contributed by atoms with van der Waals surface area (Å²) in [4.78, 5) is 0. The number of hydrogen-bond donors (Lipinski definition) is 0. The van der Waals surface area contributed by atoms with Crippen molar-refractivity contribution in [2.45, 2.75) is 122 Å². The Morgan fingerprint density at radius 2 is 1.00 bits per heavy atom. The summed E-state index contributed by atoms with van der Waals surface area (Å²) < 4.78 is -0.234. The molecule has 0 amide bonds. The van der Waals surface area contributed by atoms with Crippen molar-refractivity contribution in [3.05, 3.63) is 17.9 Å². The number of likely N-dealkylation sites (N-methyl/N-ethyl adjacent to an activating group) is 1. The van der Waals surface area contributed by atoms with E-state index in [9.17, 15) is 5.21 Å². The minimum Gasteiger partial charge on any atom is -0.633 e. The lowest BCUT2D eigenvalue weighted by molar-refractivity contribution is -0.859. The fraction of sp³-hybridized carbons (Fsp3) is 0.913.